The Morgan fingerprint density at radius 3 is 2.80 bits per heavy atom. The summed E-state index contributed by atoms with van der Waals surface area (Å²) in [5, 5.41) is 21.2. The van der Waals surface area contributed by atoms with E-state index in [1.807, 2.05) is 0 Å². The first-order valence-corrected chi connectivity index (χ1v) is 8.64. The molecule has 132 valence electrons. The van der Waals surface area contributed by atoms with Gasteiger partial charge in [-0.3, -0.25) is 4.79 Å². The summed E-state index contributed by atoms with van der Waals surface area (Å²) < 4.78 is 14.0. The number of β-amino-alcohol motifs (C(OH)–C–C–N with tert-alkyl or cyclic N) is 1. The number of carbonyl (C=O) groups excluding carboxylic acids is 1. The summed E-state index contributed by atoms with van der Waals surface area (Å²) in [6.45, 7) is 0.815. The van der Waals surface area contributed by atoms with Crippen LogP contribution in [0.1, 0.15) is 36.9 Å². The number of aromatic nitrogens is 3. The molecule has 1 aliphatic heterocycles. The Morgan fingerprint density at radius 2 is 2.12 bits per heavy atom. The molecule has 0 radical (unpaired) electrons. The number of aromatic amines is 1. The van der Waals surface area contributed by atoms with Crippen LogP contribution in [-0.2, 0) is 16.8 Å². The fourth-order valence-electron chi connectivity index (χ4n) is 3.80. The summed E-state index contributed by atoms with van der Waals surface area (Å²) in [4.78, 5) is 14.8. The quantitative estimate of drug-likeness (QED) is 0.886. The molecule has 1 saturated carbocycles. The number of amides is 1. The van der Waals surface area contributed by atoms with Gasteiger partial charge < -0.3 is 10.0 Å². The van der Waals surface area contributed by atoms with Crippen LogP contribution in [0.2, 0.25) is 0 Å². The lowest BCUT2D eigenvalue weighted by Gasteiger charge is -2.39. The van der Waals surface area contributed by atoms with Crippen molar-refractivity contribution in [1.82, 2.24) is 20.3 Å². The maximum absolute atomic E-state index is 14.0. The number of carbonyl (C=O) groups is 1. The number of aliphatic hydroxyl groups is 1. The zero-order valence-corrected chi connectivity index (χ0v) is 13.9. The second kappa shape index (κ2) is 5.91. The molecular formula is C18H21FN4O2. The molecule has 0 bridgehead atoms. The summed E-state index contributed by atoms with van der Waals surface area (Å²) in [7, 11) is 0. The van der Waals surface area contributed by atoms with Gasteiger partial charge in [-0.05, 0) is 43.7 Å². The number of hydrogen-bond acceptors (Lipinski definition) is 4. The normalized spacial score (nSPS) is 25.0. The van der Waals surface area contributed by atoms with Gasteiger partial charge >= 0.3 is 0 Å². The van der Waals surface area contributed by atoms with E-state index in [-0.39, 0.29) is 18.3 Å². The average molecular weight is 344 g/mol. The van der Waals surface area contributed by atoms with Crippen molar-refractivity contribution in [3.05, 3.63) is 47.5 Å². The molecule has 1 aromatic heterocycles. The number of rotatable bonds is 4. The molecule has 2 fully saturated rings. The van der Waals surface area contributed by atoms with Crippen molar-refractivity contribution < 1.29 is 14.3 Å². The smallest absolute Gasteiger partial charge is 0.229 e. The highest BCUT2D eigenvalue weighted by Crippen LogP contribution is 2.51. The van der Waals surface area contributed by atoms with E-state index in [0.717, 1.165) is 12.8 Å². The Labute approximate surface area is 145 Å². The molecule has 1 amide bonds. The van der Waals surface area contributed by atoms with E-state index in [1.165, 1.54) is 12.3 Å². The van der Waals surface area contributed by atoms with Gasteiger partial charge in [0.05, 0.1) is 18.2 Å². The molecule has 0 unspecified atom stereocenters. The van der Waals surface area contributed by atoms with Gasteiger partial charge in [0, 0.05) is 6.54 Å². The van der Waals surface area contributed by atoms with Crippen molar-refractivity contribution >= 4 is 5.91 Å². The minimum atomic E-state index is -1.17. The molecular weight excluding hydrogens is 323 g/mol. The fraction of sp³-hybridized carbons (Fsp3) is 0.500. The van der Waals surface area contributed by atoms with Gasteiger partial charge in [-0.25, -0.2) is 4.39 Å². The van der Waals surface area contributed by atoms with Gasteiger partial charge in [-0.15, -0.1) is 0 Å². The molecule has 0 spiro atoms. The molecule has 6 nitrogen and oxygen atoms in total. The van der Waals surface area contributed by atoms with E-state index in [2.05, 4.69) is 15.4 Å². The Morgan fingerprint density at radius 1 is 1.32 bits per heavy atom. The first-order valence-electron chi connectivity index (χ1n) is 8.64. The molecule has 1 aliphatic carbocycles. The molecule has 1 atom stereocenters. The number of nitrogens with one attached hydrogen (secondary N) is 1. The van der Waals surface area contributed by atoms with Crippen molar-refractivity contribution in [3.63, 3.8) is 0 Å². The number of likely N-dealkylation sites (tertiary alicyclic amines) is 1. The number of piperidine rings is 1. The van der Waals surface area contributed by atoms with E-state index in [9.17, 15) is 14.3 Å². The molecule has 2 aromatic rings. The van der Waals surface area contributed by atoms with Crippen molar-refractivity contribution in [2.75, 3.05) is 13.1 Å². The van der Waals surface area contributed by atoms with Gasteiger partial charge in [-0.2, -0.15) is 15.4 Å². The summed E-state index contributed by atoms with van der Waals surface area (Å²) in [5.74, 6) is -0.253. The van der Waals surface area contributed by atoms with Gasteiger partial charge in [0.15, 0.2) is 0 Å². The van der Waals surface area contributed by atoms with E-state index >= 15 is 0 Å². The standard InChI is InChI=1S/C18H21FN4O2/c19-14-5-2-1-4-13(14)10-17(7-8-17)16(24)23-9-3-6-18(25,12-23)15-11-20-22-21-15/h1-2,4-5,11,25H,3,6-10,12H2,(H,20,21,22)/t18-/m0/s1. The second-order valence-electron chi connectivity index (χ2n) is 7.27. The SMILES string of the molecule is O=C(N1CCC[C@@](O)(c2cn[nH]n2)C1)C1(Cc2ccccc2F)CC1. The Balaban J connectivity index is 1.51. The molecule has 2 N–H and O–H groups in total. The maximum atomic E-state index is 14.0. The lowest BCUT2D eigenvalue weighted by atomic mass is 9.87. The highest BCUT2D eigenvalue weighted by molar-refractivity contribution is 5.86. The van der Waals surface area contributed by atoms with Gasteiger partial charge in [0.2, 0.25) is 5.91 Å². The lowest BCUT2D eigenvalue weighted by molar-refractivity contribution is -0.145. The minimum Gasteiger partial charge on any atom is -0.382 e. The van der Waals surface area contributed by atoms with Crippen LogP contribution in [0.4, 0.5) is 4.39 Å². The van der Waals surface area contributed by atoms with Crippen molar-refractivity contribution in [1.29, 1.82) is 0 Å². The highest BCUT2D eigenvalue weighted by Gasteiger charge is 2.53. The summed E-state index contributed by atoms with van der Waals surface area (Å²) in [5.41, 5.74) is -0.653. The van der Waals surface area contributed by atoms with Crippen molar-refractivity contribution in [3.8, 4) is 0 Å². The number of hydrogen-bond donors (Lipinski definition) is 2. The van der Waals surface area contributed by atoms with E-state index in [0.29, 0.717) is 37.1 Å². The predicted octanol–water partition coefficient (Wildman–Crippen LogP) is 1.78. The molecule has 25 heavy (non-hydrogen) atoms. The molecule has 2 aliphatic rings. The third-order valence-corrected chi connectivity index (χ3v) is 5.44. The van der Waals surface area contributed by atoms with Gasteiger partial charge in [0.25, 0.3) is 0 Å². The van der Waals surface area contributed by atoms with Crippen LogP contribution in [-0.4, -0.2) is 44.4 Å². The Kier molecular flexibility index (Phi) is 3.83. The van der Waals surface area contributed by atoms with Crippen LogP contribution in [0.5, 0.6) is 0 Å². The van der Waals surface area contributed by atoms with Crippen LogP contribution < -0.4 is 0 Å². The van der Waals surface area contributed by atoms with Gasteiger partial charge in [-0.1, -0.05) is 18.2 Å². The summed E-state index contributed by atoms with van der Waals surface area (Å²) >= 11 is 0. The summed E-state index contributed by atoms with van der Waals surface area (Å²) in [6, 6.07) is 6.62. The molecule has 4 rings (SSSR count). The number of H-pyrrole nitrogens is 1. The zero-order chi connectivity index (χ0) is 17.5. The monoisotopic (exact) mass is 344 g/mol. The van der Waals surface area contributed by atoms with Crippen molar-refractivity contribution in [2.45, 2.75) is 37.7 Å². The van der Waals surface area contributed by atoms with Crippen LogP contribution in [0.25, 0.3) is 0 Å². The third kappa shape index (κ3) is 2.93. The second-order valence-corrected chi connectivity index (χ2v) is 7.27. The fourth-order valence-corrected chi connectivity index (χ4v) is 3.80. The number of nitrogens with zero attached hydrogens (tertiary/aromatic N) is 3. The van der Waals surface area contributed by atoms with Crippen LogP contribution >= 0.6 is 0 Å². The first kappa shape index (κ1) is 16.2. The van der Waals surface area contributed by atoms with Crippen LogP contribution in [0.15, 0.2) is 30.5 Å². The first-order chi connectivity index (χ1) is 12.0. The van der Waals surface area contributed by atoms with Crippen LogP contribution in [0.3, 0.4) is 0 Å². The Hall–Kier alpha value is -2.28. The molecule has 2 heterocycles. The highest BCUT2D eigenvalue weighted by atomic mass is 19.1. The largest absolute Gasteiger partial charge is 0.382 e. The third-order valence-electron chi connectivity index (χ3n) is 5.44. The van der Waals surface area contributed by atoms with E-state index < -0.39 is 11.0 Å². The maximum Gasteiger partial charge on any atom is 0.229 e. The molecule has 1 aromatic carbocycles. The Bertz CT molecular complexity index is 775. The van der Waals surface area contributed by atoms with Crippen LogP contribution in [0, 0.1) is 11.2 Å². The van der Waals surface area contributed by atoms with Crippen molar-refractivity contribution in [2.24, 2.45) is 5.41 Å². The lowest BCUT2D eigenvalue weighted by Crippen LogP contribution is -2.51. The predicted molar refractivity (Wildman–Crippen MR) is 87.9 cm³/mol. The minimum absolute atomic E-state index is 0.0115. The van der Waals surface area contributed by atoms with E-state index in [1.54, 1.807) is 23.1 Å². The molecule has 7 heteroatoms. The zero-order valence-electron chi connectivity index (χ0n) is 13.9. The number of halogens is 1. The topological polar surface area (TPSA) is 82.1 Å². The molecule has 1 saturated heterocycles. The van der Waals surface area contributed by atoms with E-state index in [4.69, 9.17) is 0 Å². The van der Waals surface area contributed by atoms with Gasteiger partial charge in [0.1, 0.15) is 17.1 Å². The number of benzene rings is 1. The summed E-state index contributed by atoms with van der Waals surface area (Å²) in [6.07, 6.45) is 4.68. The average Bonchev–Trinajstić information content (AvgIpc) is 3.17.